The Morgan fingerprint density at radius 2 is 1.64 bits per heavy atom. The first-order valence-corrected chi connectivity index (χ1v) is 14.0. The number of benzene rings is 2. The molecule has 0 saturated carbocycles. The lowest BCUT2D eigenvalue weighted by atomic mass is 9.99. The van der Waals surface area contributed by atoms with E-state index in [1.807, 2.05) is 44.2 Å². The predicted molar refractivity (Wildman–Crippen MR) is 165 cm³/mol. The van der Waals surface area contributed by atoms with Gasteiger partial charge in [-0.15, -0.1) is 0 Å². The van der Waals surface area contributed by atoms with E-state index in [0.717, 1.165) is 10.2 Å². The first-order chi connectivity index (χ1) is 20.0. The number of nitrogens with zero attached hydrogens (tertiary/aromatic N) is 3. The lowest BCUT2D eigenvalue weighted by Gasteiger charge is -2.20. The van der Waals surface area contributed by atoms with Crippen LogP contribution in [0.1, 0.15) is 36.7 Å². The maximum absolute atomic E-state index is 12.9. The largest absolute Gasteiger partial charge is 0.481 e. The molecule has 1 atom stereocenters. The number of nitrogens with one attached hydrogen (secondary N) is 2. The molecular weight excluding hydrogens is 577 g/mol. The normalized spacial score (nSPS) is 11.8. The van der Waals surface area contributed by atoms with Crippen LogP contribution in [0.4, 0.5) is 5.69 Å². The van der Waals surface area contributed by atoms with Crippen molar-refractivity contribution in [3.8, 4) is 28.3 Å². The first-order valence-electron chi connectivity index (χ1n) is 13.2. The SMILES string of the molecule is COc1nc(-c2cccc(-c3cccc(NC(=O)c4ccnn(C)c4=O)c3Cl)c2Cl)ccc1CNC(C(C)=O)C(C)C. The molecule has 4 aromatic rings. The number of carbonyl (C=O) groups excluding carboxylic acids is 2. The molecule has 2 N–H and O–H groups in total. The molecular formula is C31H31Cl2N5O4. The summed E-state index contributed by atoms with van der Waals surface area (Å²) in [7, 11) is 3.01. The molecule has 0 saturated heterocycles. The number of ketones is 1. The summed E-state index contributed by atoms with van der Waals surface area (Å²) >= 11 is 13.7. The van der Waals surface area contributed by atoms with Gasteiger partial charge < -0.3 is 15.4 Å². The van der Waals surface area contributed by atoms with Crippen molar-refractivity contribution in [2.45, 2.75) is 33.4 Å². The van der Waals surface area contributed by atoms with Crippen LogP contribution in [0.5, 0.6) is 5.88 Å². The van der Waals surface area contributed by atoms with Crippen LogP contribution in [0.15, 0.2) is 65.6 Å². The van der Waals surface area contributed by atoms with Crippen molar-refractivity contribution in [3.63, 3.8) is 0 Å². The number of halogens is 2. The Balaban J connectivity index is 1.65. The van der Waals surface area contributed by atoms with E-state index in [0.29, 0.717) is 45.5 Å². The summed E-state index contributed by atoms with van der Waals surface area (Å²) in [5.74, 6) is 0.0216. The van der Waals surface area contributed by atoms with E-state index < -0.39 is 11.5 Å². The maximum atomic E-state index is 12.9. The van der Waals surface area contributed by atoms with Crippen molar-refractivity contribution in [2.75, 3.05) is 12.4 Å². The van der Waals surface area contributed by atoms with E-state index >= 15 is 0 Å². The van der Waals surface area contributed by atoms with Gasteiger partial charge in [0.15, 0.2) is 0 Å². The summed E-state index contributed by atoms with van der Waals surface area (Å²) < 4.78 is 6.65. The molecule has 0 aliphatic carbocycles. The number of amides is 1. The van der Waals surface area contributed by atoms with Gasteiger partial charge in [0.05, 0.1) is 34.6 Å². The van der Waals surface area contributed by atoms with E-state index in [2.05, 4.69) is 15.7 Å². The molecule has 0 fully saturated rings. The smallest absolute Gasteiger partial charge is 0.279 e. The summed E-state index contributed by atoms with van der Waals surface area (Å²) in [6.07, 6.45) is 1.38. The van der Waals surface area contributed by atoms with Crippen molar-refractivity contribution in [2.24, 2.45) is 13.0 Å². The third-order valence-electron chi connectivity index (χ3n) is 6.81. The fourth-order valence-corrected chi connectivity index (χ4v) is 5.24. The Kier molecular flexibility index (Phi) is 9.78. The summed E-state index contributed by atoms with van der Waals surface area (Å²) in [4.78, 5) is 41.9. The number of ether oxygens (including phenoxy) is 1. The summed E-state index contributed by atoms with van der Waals surface area (Å²) in [6, 6.07) is 15.5. The minimum absolute atomic E-state index is 0.0614. The first kappa shape index (κ1) is 30.9. The zero-order valence-electron chi connectivity index (χ0n) is 23.9. The monoisotopic (exact) mass is 607 g/mol. The highest BCUT2D eigenvalue weighted by Crippen LogP contribution is 2.41. The van der Waals surface area contributed by atoms with Crippen LogP contribution >= 0.6 is 23.2 Å². The molecule has 1 amide bonds. The van der Waals surface area contributed by atoms with E-state index in [4.69, 9.17) is 32.9 Å². The number of hydrogen-bond acceptors (Lipinski definition) is 7. The molecule has 42 heavy (non-hydrogen) atoms. The van der Waals surface area contributed by atoms with Crippen molar-refractivity contribution >= 4 is 40.6 Å². The van der Waals surface area contributed by atoms with Crippen LogP contribution in [-0.4, -0.2) is 39.6 Å². The molecule has 2 aromatic carbocycles. The Morgan fingerprint density at radius 1 is 0.976 bits per heavy atom. The highest BCUT2D eigenvalue weighted by Gasteiger charge is 2.21. The van der Waals surface area contributed by atoms with E-state index in [1.54, 1.807) is 32.2 Å². The molecule has 11 heteroatoms. The van der Waals surface area contributed by atoms with Crippen LogP contribution in [0, 0.1) is 5.92 Å². The van der Waals surface area contributed by atoms with Gasteiger partial charge in [-0.1, -0.05) is 73.4 Å². The van der Waals surface area contributed by atoms with Crippen molar-refractivity contribution < 1.29 is 14.3 Å². The average molecular weight is 609 g/mol. The number of anilines is 1. The molecule has 2 aromatic heterocycles. The van der Waals surface area contributed by atoms with Gasteiger partial charge in [-0.2, -0.15) is 5.10 Å². The molecule has 218 valence electrons. The van der Waals surface area contributed by atoms with Gasteiger partial charge in [0.25, 0.3) is 11.5 Å². The minimum Gasteiger partial charge on any atom is -0.481 e. The zero-order chi connectivity index (χ0) is 30.6. The topological polar surface area (TPSA) is 115 Å². The highest BCUT2D eigenvalue weighted by molar-refractivity contribution is 6.39. The third kappa shape index (κ3) is 6.54. The molecule has 1 unspecified atom stereocenters. The lowest BCUT2D eigenvalue weighted by molar-refractivity contribution is -0.120. The zero-order valence-corrected chi connectivity index (χ0v) is 25.4. The van der Waals surface area contributed by atoms with Crippen LogP contribution in [0.25, 0.3) is 22.4 Å². The Morgan fingerprint density at radius 3 is 2.31 bits per heavy atom. The molecule has 0 spiro atoms. The van der Waals surface area contributed by atoms with E-state index in [9.17, 15) is 14.4 Å². The average Bonchev–Trinajstić information content (AvgIpc) is 2.95. The van der Waals surface area contributed by atoms with Gasteiger partial charge in [-0.05, 0) is 31.0 Å². The second-order valence-electron chi connectivity index (χ2n) is 10.0. The third-order valence-corrected chi connectivity index (χ3v) is 7.63. The number of rotatable bonds is 10. The highest BCUT2D eigenvalue weighted by atomic mass is 35.5. The van der Waals surface area contributed by atoms with Gasteiger partial charge in [-0.3, -0.25) is 14.4 Å². The van der Waals surface area contributed by atoms with Gasteiger partial charge in [0.1, 0.15) is 11.3 Å². The number of pyridine rings is 1. The molecule has 9 nitrogen and oxygen atoms in total. The van der Waals surface area contributed by atoms with Crippen LogP contribution in [-0.2, 0) is 18.4 Å². The fraction of sp³-hybridized carbons (Fsp3) is 0.258. The summed E-state index contributed by atoms with van der Waals surface area (Å²) in [5.41, 5.74) is 2.99. The van der Waals surface area contributed by atoms with E-state index in [1.165, 1.54) is 19.3 Å². The van der Waals surface area contributed by atoms with Crippen molar-refractivity contribution in [1.29, 1.82) is 0 Å². The molecule has 4 rings (SSSR count). The Labute approximate surface area is 253 Å². The van der Waals surface area contributed by atoms with Gasteiger partial charge in [-0.25, -0.2) is 9.67 Å². The second kappa shape index (κ2) is 13.3. The van der Waals surface area contributed by atoms with E-state index in [-0.39, 0.29) is 28.3 Å². The number of Topliss-reactive ketones (excluding diaryl/α,β-unsaturated/α-hetero) is 1. The van der Waals surface area contributed by atoms with Gasteiger partial charge in [0, 0.05) is 42.0 Å². The van der Waals surface area contributed by atoms with Crippen LogP contribution in [0.3, 0.4) is 0 Å². The van der Waals surface area contributed by atoms with Gasteiger partial charge in [0.2, 0.25) is 5.88 Å². The second-order valence-corrected chi connectivity index (χ2v) is 10.8. The lowest BCUT2D eigenvalue weighted by Crippen LogP contribution is -2.39. The fourth-order valence-electron chi connectivity index (χ4n) is 4.64. The quantitative estimate of drug-likeness (QED) is 0.235. The minimum atomic E-state index is -0.606. The number of carbonyl (C=O) groups is 2. The predicted octanol–water partition coefficient (Wildman–Crippen LogP) is 5.78. The number of methoxy groups -OCH3 is 1. The van der Waals surface area contributed by atoms with Crippen LogP contribution in [0.2, 0.25) is 10.0 Å². The number of aryl methyl sites for hydroxylation is 1. The van der Waals surface area contributed by atoms with Crippen molar-refractivity contribution in [3.05, 3.63) is 92.3 Å². The Bertz CT molecular complexity index is 1700. The van der Waals surface area contributed by atoms with Crippen LogP contribution < -0.4 is 20.9 Å². The molecule has 0 radical (unpaired) electrons. The number of hydrogen-bond donors (Lipinski definition) is 2. The summed E-state index contributed by atoms with van der Waals surface area (Å²) in [5, 5.41) is 10.5. The molecule has 0 aliphatic rings. The van der Waals surface area contributed by atoms with Gasteiger partial charge >= 0.3 is 0 Å². The maximum Gasteiger partial charge on any atom is 0.279 e. The molecule has 0 bridgehead atoms. The standard InChI is InChI=1S/C31H31Cl2N5O4/c1-17(2)28(18(3)39)34-16-19-12-13-24(37-30(19)42-5)22-10-6-8-20(26(22)32)21-9-7-11-25(27(21)33)36-29(40)23-14-15-35-38(4)31(23)41/h6-15,17,28,34H,16H2,1-5H3,(H,36,40). The Hall–Kier alpha value is -4.05. The molecule has 0 aliphatic heterocycles. The number of aromatic nitrogens is 3. The summed E-state index contributed by atoms with van der Waals surface area (Å²) in [6.45, 7) is 5.97. The van der Waals surface area contributed by atoms with Crippen molar-refractivity contribution in [1.82, 2.24) is 20.1 Å². The molecule has 2 heterocycles.